The zero-order valence-electron chi connectivity index (χ0n) is 24.6. The molecule has 7 nitrogen and oxygen atoms in total. The van der Waals surface area contributed by atoms with E-state index in [1.807, 2.05) is 90.9 Å². The molecule has 0 spiro atoms. The number of amides is 3. The second-order valence-corrected chi connectivity index (χ2v) is 11.7. The molecule has 0 fully saturated rings. The number of rotatable bonds is 9. The first kappa shape index (κ1) is 30.9. The molecule has 2 aromatic rings. The van der Waals surface area contributed by atoms with Crippen molar-refractivity contribution in [2.24, 2.45) is 5.92 Å². The third kappa shape index (κ3) is 8.61. The Kier molecular flexibility index (Phi) is 10.5. The average Bonchev–Trinajstić information content (AvgIpc) is 2.76. The first-order valence-corrected chi connectivity index (χ1v) is 13.4. The average molecular weight is 524 g/mol. The largest absolute Gasteiger partial charge is 0.444 e. The van der Waals surface area contributed by atoms with Gasteiger partial charge < -0.3 is 20.3 Å². The lowest BCUT2D eigenvalue weighted by atomic mass is 9.94. The van der Waals surface area contributed by atoms with Crippen molar-refractivity contribution in [2.45, 2.75) is 99.4 Å². The van der Waals surface area contributed by atoms with Gasteiger partial charge in [0.2, 0.25) is 5.91 Å². The minimum atomic E-state index is -0.905. The molecule has 0 aliphatic heterocycles. The fourth-order valence-electron chi connectivity index (χ4n) is 4.47. The Bertz CT molecular complexity index is 1130. The summed E-state index contributed by atoms with van der Waals surface area (Å²) in [4.78, 5) is 42.5. The van der Waals surface area contributed by atoms with Crippen molar-refractivity contribution in [2.75, 3.05) is 5.32 Å². The van der Waals surface area contributed by atoms with Crippen molar-refractivity contribution in [1.82, 2.24) is 10.2 Å². The van der Waals surface area contributed by atoms with Crippen LogP contribution in [0.2, 0.25) is 0 Å². The van der Waals surface area contributed by atoms with Gasteiger partial charge in [0.25, 0.3) is 5.91 Å². The van der Waals surface area contributed by atoms with Gasteiger partial charge in [-0.1, -0.05) is 55.8 Å². The Hall–Kier alpha value is -3.35. The highest BCUT2D eigenvalue weighted by atomic mass is 16.6. The maximum atomic E-state index is 14.2. The van der Waals surface area contributed by atoms with Crippen LogP contribution in [0.4, 0.5) is 10.5 Å². The molecule has 0 saturated heterocycles. The van der Waals surface area contributed by atoms with Gasteiger partial charge in [0.15, 0.2) is 0 Å². The van der Waals surface area contributed by atoms with E-state index in [0.29, 0.717) is 12.1 Å². The number of para-hydroxylation sites is 1. The van der Waals surface area contributed by atoms with E-state index in [1.54, 1.807) is 25.7 Å². The number of nitrogens with one attached hydrogen (secondary N) is 2. The maximum Gasteiger partial charge on any atom is 0.408 e. The highest BCUT2D eigenvalue weighted by Gasteiger charge is 2.38. The SMILES string of the molecule is Cc1ccc(C(C(=O)Nc2ccccc2C)N(C(=O)C(CC(C)C)NC(=O)OC(C)(C)C)C(C)C)c(C)c1. The molecule has 2 unspecified atom stereocenters. The fraction of sp³-hybridized carbons (Fsp3) is 0.516. The molecule has 208 valence electrons. The zero-order valence-corrected chi connectivity index (χ0v) is 24.6. The standard InChI is InChI=1S/C31H45N3O4/c1-19(2)17-26(33-30(37)38-31(8,9)10)29(36)34(20(3)4)27(24-16-15-21(5)18-23(24)7)28(35)32-25-14-12-11-13-22(25)6/h11-16,18-20,26-27H,17H2,1-10H3,(H,32,35)(H,33,37). The second kappa shape index (κ2) is 12.9. The Morgan fingerprint density at radius 3 is 2.08 bits per heavy atom. The van der Waals surface area contributed by atoms with Crippen LogP contribution >= 0.6 is 0 Å². The van der Waals surface area contributed by atoms with Crippen molar-refractivity contribution in [3.63, 3.8) is 0 Å². The van der Waals surface area contributed by atoms with Crippen LogP contribution in [0.25, 0.3) is 0 Å². The fourth-order valence-corrected chi connectivity index (χ4v) is 4.47. The minimum absolute atomic E-state index is 0.119. The normalized spacial score (nSPS) is 13.2. The van der Waals surface area contributed by atoms with E-state index in [0.717, 1.165) is 22.3 Å². The zero-order chi connectivity index (χ0) is 28.8. The lowest BCUT2D eigenvalue weighted by Crippen LogP contribution is -2.54. The third-order valence-electron chi connectivity index (χ3n) is 6.16. The molecule has 0 heterocycles. The van der Waals surface area contributed by atoms with Crippen molar-refractivity contribution in [3.05, 3.63) is 64.7 Å². The lowest BCUT2D eigenvalue weighted by molar-refractivity contribution is -0.143. The quantitative estimate of drug-likeness (QED) is 0.394. The predicted molar refractivity (Wildman–Crippen MR) is 153 cm³/mol. The van der Waals surface area contributed by atoms with E-state index >= 15 is 0 Å². The summed E-state index contributed by atoms with van der Waals surface area (Å²) in [5, 5.41) is 5.83. The number of nitrogens with zero attached hydrogens (tertiary/aromatic N) is 1. The number of aryl methyl sites for hydroxylation is 3. The summed E-state index contributed by atoms with van der Waals surface area (Å²) >= 11 is 0. The monoisotopic (exact) mass is 523 g/mol. The van der Waals surface area contributed by atoms with Gasteiger partial charge in [0, 0.05) is 11.7 Å². The van der Waals surface area contributed by atoms with Gasteiger partial charge in [0.1, 0.15) is 17.7 Å². The molecule has 0 saturated carbocycles. The summed E-state index contributed by atoms with van der Waals surface area (Å²) in [6.07, 6.45) is -0.257. The Balaban J connectivity index is 2.58. The maximum absolute atomic E-state index is 14.2. The van der Waals surface area contributed by atoms with Crippen molar-refractivity contribution >= 4 is 23.6 Å². The van der Waals surface area contributed by atoms with Gasteiger partial charge in [0.05, 0.1) is 0 Å². The van der Waals surface area contributed by atoms with E-state index < -0.39 is 23.8 Å². The van der Waals surface area contributed by atoms with Gasteiger partial charge in [-0.15, -0.1) is 0 Å². The first-order chi connectivity index (χ1) is 17.6. The molecule has 2 aromatic carbocycles. The molecule has 7 heteroatoms. The molecule has 2 rings (SSSR count). The summed E-state index contributed by atoms with van der Waals surface area (Å²) in [6.45, 7) is 18.9. The molecule has 0 aliphatic rings. The van der Waals surface area contributed by atoms with Crippen LogP contribution in [0.3, 0.4) is 0 Å². The van der Waals surface area contributed by atoms with Crippen molar-refractivity contribution in [1.29, 1.82) is 0 Å². The van der Waals surface area contributed by atoms with E-state index in [9.17, 15) is 14.4 Å². The number of carbonyl (C=O) groups excluding carboxylic acids is 3. The van der Waals surface area contributed by atoms with Crippen LogP contribution in [-0.4, -0.2) is 40.5 Å². The molecular weight excluding hydrogens is 478 g/mol. The molecule has 2 N–H and O–H groups in total. The van der Waals surface area contributed by atoms with Gasteiger partial charge in [-0.05, 0) is 90.5 Å². The molecule has 0 aliphatic carbocycles. The Labute approximate surface area is 228 Å². The number of hydrogen-bond acceptors (Lipinski definition) is 4. The summed E-state index contributed by atoms with van der Waals surface area (Å²) in [5.41, 5.74) is 3.62. The van der Waals surface area contributed by atoms with E-state index in [-0.39, 0.29) is 23.8 Å². The van der Waals surface area contributed by atoms with Gasteiger partial charge in [-0.2, -0.15) is 0 Å². The molecule has 3 amide bonds. The van der Waals surface area contributed by atoms with Crippen LogP contribution in [0, 0.1) is 26.7 Å². The highest BCUT2D eigenvalue weighted by Crippen LogP contribution is 2.30. The van der Waals surface area contributed by atoms with Crippen LogP contribution in [-0.2, 0) is 14.3 Å². The smallest absolute Gasteiger partial charge is 0.408 e. The number of anilines is 1. The molecular formula is C31H45N3O4. The lowest BCUT2D eigenvalue weighted by Gasteiger charge is -2.38. The van der Waals surface area contributed by atoms with Gasteiger partial charge in [-0.25, -0.2) is 4.79 Å². The van der Waals surface area contributed by atoms with Crippen LogP contribution in [0.5, 0.6) is 0 Å². The van der Waals surface area contributed by atoms with Crippen LogP contribution < -0.4 is 10.6 Å². The molecule has 0 aromatic heterocycles. The molecule has 2 atom stereocenters. The number of benzene rings is 2. The molecule has 0 bridgehead atoms. The van der Waals surface area contributed by atoms with Crippen LogP contribution in [0.15, 0.2) is 42.5 Å². The summed E-state index contributed by atoms with van der Waals surface area (Å²) < 4.78 is 5.46. The van der Waals surface area contributed by atoms with Gasteiger partial charge >= 0.3 is 6.09 Å². The number of ether oxygens (including phenoxy) is 1. The van der Waals surface area contributed by atoms with Gasteiger partial charge in [-0.3, -0.25) is 9.59 Å². The molecule has 0 radical (unpaired) electrons. The number of carbonyl (C=O) groups is 3. The minimum Gasteiger partial charge on any atom is -0.444 e. The highest BCUT2D eigenvalue weighted by molar-refractivity contribution is 5.99. The van der Waals surface area contributed by atoms with Crippen LogP contribution in [0.1, 0.15) is 83.2 Å². The number of alkyl carbamates (subject to hydrolysis) is 1. The van der Waals surface area contributed by atoms with Crippen molar-refractivity contribution in [3.8, 4) is 0 Å². The topological polar surface area (TPSA) is 87.7 Å². The Morgan fingerprint density at radius 1 is 0.921 bits per heavy atom. The summed E-state index contributed by atoms with van der Waals surface area (Å²) in [6, 6.07) is 11.3. The van der Waals surface area contributed by atoms with Crippen molar-refractivity contribution < 1.29 is 19.1 Å². The van der Waals surface area contributed by atoms with E-state index in [1.165, 1.54) is 0 Å². The van der Waals surface area contributed by atoms with E-state index in [4.69, 9.17) is 4.74 Å². The summed E-state index contributed by atoms with van der Waals surface area (Å²) in [5.74, 6) is -0.522. The second-order valence-electron chi connectivity index (χ2n) is 11.7. The Morgan fingerprint density at radius 2 is 1.55 bits per heavy atom. The predicted octanol–water partition coefficient (Wildman–Crippen LogP) is 6.47. The summed E-state index contributed by atoms with van der Waals surface area (Å²) in [7, 11) is 0. The number of hydrogen-bond donors (Lipinski definition) is 2. The first-order valence-electron chi connectivity index (χ1n) is 13.4. The third-order valence-corrected chi connectivity index (χ3v) is 6.16. The molecule has 38 heavy (non-hydrogen) atoms. The van der Waals surface area contributed by atoms with E-state index in [2.05, 4.69) is 10.6 Å².